The second-order valence-corrected chi connectivity index (χ2v) is 27.3. The van der Waals surface area contributed by atoms with Gasteiger partial charge in [0.1, 0.15) is 0 Å². The normalized spacial score (nSPS) is 13.3. The minimum atomic E-state index is -2.89. The molecule has 1 aliphatic rings. The summed E-state index contributed by atoms with van der Waals surface area (Å²) in [5, 5.41) is 4.43. The minimum absolute atomic E-state index is 0.0944. The molecule has 3 heterocycles. The largest absolute Gasteiger partial charge is 0.255 e. The van der Waals surface area contributed by atoms with Gasteiger partial charge in [-0.15, -0.1) is 0 Å². The molecule has 0 saturated carbocycles. The van der Waals surface area contributed by atoms with E-state index in [4.69, 9.17) is 0 Å². The number of benzene rings is 7. The maximum Gasteiger partial charge on any atom is 0.255 e. The molecule has 0 amide bonds. The minimum Gasteiger partial charge on any atom is -0.150 e. The lowest BCUT2D eigenvalue weighted by atomic mass is 9.37. The smallest absolute Gasteiger partial charge is 0.150 e. The molecule has 2 aromatic heterocycles. The SMILES string of the molecule is Cc1cc(C)c(B(c2ccc(C3=C(c4ccccc4)C(c4ccccc4)=C(c4ccc(B(c5c(C)cc(C)cc5C)c5c(C)cc(C)cc5C)s4)[Si]3(C)c3ccccc3)s2)c2c(C)cc(C)cc2C)c(C)c1. The summed E-state index contributed by atoms with van der Waals surface area (Å²) >= 11 is 4.06. The molecule has 0 bridgehead atoms. The van der Waals surface area contributed by atoms with Crippen molar-refractivity contribution in [3.63, 3.8) is 0 Å². The number of hydrogen-bond donors (Lipinski definition) is 0. The number of allylic oxidation sites excluding steroid dienone is 2. The zero-order chi connectivity index (χ0) is 50.7. The second-order valence-electron chi connectivity index (χ2n) is 21.2. The van der Waals surface area contributed by atoms with E-state index in [2.05, 4.69) is 253 Å². The highest BCUT2D eigenvalue weighted by molar-refractivity contribution is 7.34. The van der Waals surface area contributed by atoms with Crippen LogP contribution in [-0.4, -0.2) is 21.5 Å². The topological polar surface area (TPSA) is 0 Å². The van der Waals surface area contributed by atoms with Crippen LogP contribution in [0.1, 0.15) is 87.6 Å². The van der Waals surface area contributed by atoms with Gasteiger partial charge in [0, 0.05) is 9.75 Å². The van der Waals surface area contributed by atoms with Crippen molar-refractivity contribution in [3.8, 4) is 0 Å². The summed E-state index contributed by atoms with van der Waals surface area (Å²) in [6.45, 7) is 30.4. The zero-order valence-electron chi connectivity index (χ0n) is 44.6. The van der Waals surface area contributed by atoms with Gasteiger partial charge in [0.25, 0.3) is 13.4 Å². The van der Waals surface area contributed by atoms with Gasteiger partial charge in [0.15, 0.2) is 8.07 Å². The molecule has 0 saturated heterocycles. The lowest BCUT2D eigenvalue weighted by Crippen LogP contribution is -2.55. The average Bonchev–Trinajstić information content (AvgIpc) is 4.07. The van der Waals surface area contributed by atoms with Gasteiger partial charge in [-0.25, -0.2) is 0 Å². The van der Waals surface area contributed by atoms with E-state index >= 15 is 0 Å². The van der Waals surface area contributed by atoms with Crippen LogP contribution >= 0.6 is 22.7 Å². The molecule has 1 aliphatic heterocycles. The second kappa shape index (κ2) is 19.7. The van der Waals surface area contributed by atoms with E-state index in [0.29, 0.717) is 0 Å². The highest BCUT2D eigenvalue weighted by atomic mass is 32.1. The maximum absolute atomic E-state index is 2.89. The molecule has 0 unspecified atom stereocenters. The Balaban J connectivity index is 1.28. The van der Waals surface area contributed by atoms with Crippen LogP contribution in [0.5, 0.6) is 0 Å². The lowest BCUT2D eigenvalue weighted by Gasteiger charge is -2.30. The van der Waals surface area contributed by atoms with Gasteiger partial charge in [0.05, 0.1) is 0 Å². The molecule has 0 radical (unpaired) electrons. The number of thiophene rings is 2. The predicted octanol–water partition coefficient (Wildman–Crippen LogP) is 13.1. The summed E-state index contributed by atoms with van der Waals surface area (Å²) in [4.78, 5) is 2.73. The van der Waals surface area contributed by atoms with E-state index < -0.39 is 8.07 Å². The molecule has 5 heteroatoms. The van der Waals surface area contributed by atoms with Crippen LogP contribution in [0.25, 0.3) is 21.5 Å². The third-order valence-corrected chi connectivity index (χ3v) is 22.9. The number of aryl methyl sites for hydroxylation is 12. The van der Waals surface area contributed by atoms with E-state index in [1.807, 2.05) is 22.7 Å². The van der Waals surface area contributed by atoms with Crippen LogP contribution in [0.15, 0.2) is 164 Å². The van der Waals surface area contributed by atoms with Crippen LogP contribution in [-0.2, 0) is 0 Å². The van der Waals surface area contributed by atoms with Gasteiger partial charge in [0.2, 0.25) is 0 Å². The summed E-state index contributed by atoms with van der Waals surface area (Å²) in [6, 6.07) is 63.4. The molecule has 356 valence electrons. The van der Waals surface area contributed by atoms with Gasteiger partial charge in [-0.2, -0.15) is 22.7 Å². The van der Waals surface area contributed by atoms with Crippen LogP contribution in [0, 0.1) is 83.1 Å². The molecular weight excluding hydrogens is 919 g/mol. The van der Waals surface area contributed by atoms with E-state index in [1.165, 1.54) is 146 Å². The molecule has 0 N–H and O–H groups in total. The van der Waals surface area contributed by atoms with E-state index in [-0.39, 0.29) is 13.4 Å². The van der Waals surface area contributed by atoms with Crippen molar-refractivity contribution >= 4 is 102 Å². The van der Waals surface area contributed by atoms with Crippen molar-refractivity contribution in [3.05, 3.63) is 251 Å². The summed E-state index contributed by atoms with van der Waals surface area (Å²) in [7, 11) is -2.89. The van der Waals surface area contributed by atoms with Gasteiger partial charge in [-0.1, -0.05) is 247 Å². The van der Waals surface area contributed by atoms with Crippen LogP contribution in [0.2, 0.25) is 6.55 Å². The number of rotatable bonds is 11. The first-order valence-electron chi connectivity index (χ1n) is 25.7. The van der Waals surface area contributed by atoms with Gasteiger partial charge < -0.3 is 0 Å². The molecule has 7 aromatic carbocycles. The molecule has 0 spiro atoms. The Bertz CT molecular complexity index is 3180. The quantitative estimate of drug-likeness (QED) is 0.113. The van der Waals surface area contributed by atoms with Crippen molar-refractivity contribution in [1.82, 2.24) is 0 Å². The predicted molar refractivity (Wildman–Crippen MR) is 325 cm³/mol. The van der Waals surface area contributed by atoms with Gasteiger partial charge in [-0.3, -0.25) is 0 Å². The highest BCUT2D eigenvalue weighted by Crippen LogP contribution is 2.56. The van der Waals surface area contributed by atoms with Gasteiger partial charge in [-0.05, 0) is 143 Å². The van der Waals surface area contributed by atoms with Crippen molar-refractivity contribution in [2.75, 3.05) is 0 Å². The van der Waals surface area contributed by atoms with Crippen LogP contribution < -0.4 is 36.6 Å². The Morgan fingerprint density at radius 3 is 0.861 bits per heavy atom. The van der Waals surface area contributed by atoms with Crippen molar-refractivity contribution < 1.29 is 0 Å². The fraction of sp³-hybridized carbons (Fsp3) is 0.194. The van der Waals surface area contributed by atoms with Crippen molar-refractivity contribution in [2.24, 2.45) is 0 Å². The third kappa shape index (κ3) is 8.72. The maximum atomic E-state index is 2.67. The zero-order valence-corrected chi connectivity index (χ0v) is 47.2. The molecule has 10 rings (SSSR count). The summed E-state index contributed by atoms with van der Waals surface area (Å²) < 4.78 is 2.78. The Morgan fingerprint density at radius 2 is 0.583 bits per heavy atom. The lowest BCUT2D eigenvalue weighted by molar-refractivity contribution is 1.34. The summed E-state index contributed by atoms with van der Waals surface area (Å²) in [5.74, 6) is 0. The molecule has 0 atom stereocenters. The molecule has 0 nitrogen and oxygen atoms in total. The molecule has 9 aromatic rings. The first-order chi connectivity index (χ1) is 34.5. The molecular formula is C67H66B2S2Si. The molecule has 0 aliphatic carbocycles. The van der Waals surface area contributed by atoms with Crippen molar-refractivity contribution in [2.45, 2.75) is 89.6 Å². The van der Waals surface area contributed by atoms with E-state index in [1.54, 1.807) is 0 Å². The monoisotopic (exact) mass is 984 g/mol. The Labute approximate surface area is 440 Å². The standard InChI is InChI=1S/C67H66B2S2Si/c1-41-33-45(5)62(46(6)34-41)68(63-47(7)35-42(2)36-48(63)8)58-31-29-56(70-58)66-60(53-23-17-14-18-24-53)61(54-25-19-15-20-26-54)67(72(66,13)55-27-21-16-22-28-55)57-30-32-59(71-57)69(64-49(9)37-43(3)38-50(64)10)65-51(11)39-44(4)40-52(65)12/h14-40H,1-13H3. The van der Waals surface area contributed by atoms with E-state index in [9.17, 15) is 0 Å². The molecule has 72 heavy (non-hydrogen) atoms. The van der Waals surface area contributed by atoms with E-state index in [0.717, 1.165) is 0 Å². The Hall–Kier alpha value is -6.23. The first kappa shape index (κ1) is 49.4. The Kier molecular flexibility index (Phi) is 13.5. The average molecular weight is 985 g/mol. The van der Waals surface area contributed by atoms with Crippen molar-refractivity contribution in [1.29, 1.82) is 0 Å². The first-order valence-corrected chi connectivity index (χ1v) is 29.9. The summed E-state index contributed by atoms with van der Waals surface area (Å²) in [5.41, 5.74) is 27.1. The highest BCUT2D eigenvalue weighted by Gasteiger charge is 2.50. The van der Waals surface area contributed by atoms with Crippen LogP contribution in [0.4, 0.5) is 0 Å². The summed E-state index contributed by atoms with van der Waals surface area (Å²) in [6.07, 6.45) is 0. The fourth-order valence-electron chi connectivity index (χ4n) is 13.2. The Morgan fingerprint density at radius 1 is 0.319 bits per heavy atom. The van der Waals surface area contributed by atoms with Gasteiger partial charge >= 0.3 is 0 Å². The third-order valence-electron chi connectivity index (χ3n) is 15.6. The number of hydrogen-bond acceptors (Lipinski definition) is 2. The molecule has 0 fully saturated rings. The fourth-order valence-corrected chi connectivity index (χ4v) is 21.3. The van der Waals surface area contributed by atoms with Crippen LogP contribution in [0.3, 0.4) is 0 Å².